The van der Waals surface area contributed by atoms with Crippen LogP contribution in [0.25, 0.3) is 0 Å². The molecule has 0 aromatic heterocycles. The Balaban J connectivity index is 0.00000200. The highest BCUT2D eigenvalue weighted by atomic mass is 35.5. The summed E-state index contributed by atoms with van der Waals surface area (Å²) in [4.78, 5) is 2.51. The molecule has 1 fully saturated rings. The predicted octanol–water partition coefficient (Wildman–Crippen LogP) is 2.18. The Kier molecular flexibility index (Phi) is 7.73. The Hall–Kier alpha value is -0.970. The number of ether oxygens (including phenoxy) is 2. The Labute approximate surface area is 127 Å². The first kappa shape index (κ1) is 17.1. The van der Waals surface area contributed by atoms with E-state index < -0.39 is 0 Å². The molecule has 1 saturated heterocycles. The molecule has 4 nitrogen and oxygen atoms in total. The smallest absolute Gasteiger partial charge is 0.119 e. The summed E-state index contributed by atoms with van der Waals surface area (Å²) in [5.41, 5.74) is 0. The van der Waals surface area contributed by atoms with Gasteiger partial charge in [0.15, 0.2) is 0 Å². The number of methoxy groups -OCH3 is 1. The van der Waals surface area contributed by atoms with E-state index in [-0.39, 0.29) is 12.4 Å². The van der Waals surface area contributed by atoms with Crippen LogP contribution in [0.4, 0.5) is 0 Å². The van der Waals surface area contributed by atoms with Crippen LogP contribution in [0, 0.1) is 0 Å². The second-order valence-electron chi connectivity index (χ2n) is 4.91. The number of rotatable bonds is 7. The summed E-state index contributed by atoms with van der Waals surface area (Å²) in [5.74, 6) is 1.77. The maximum absolute atomic E-state index is 5.78. The van der Waals surface area contributed by atoms with Crippen LogP contribution >= 0.6 is 12.4 Å². The highest BCUT2D eigenvalue weighted by molar-refractivity contribution is 5.85. The molecular formula is C15H25ClN2O2. The molecule has 0 spiro atoms. The SMILES string of the molecule is CNCC1CCCN1CCOc1ccc(OC)cc1.Cl. The largest absolute Gasteiger partial charge is 0.497 e. The van der Waals surface area contributed by atoms with Crippen LogP contribution in [0.5, 0.6) is 11.5 Å². The van der Waals surface area contributed by atoms with Crippen molar-refractivity contribution in [1.82, 2.24) is 10.2 Å². The fourth-order valence-corrected chi connectivity index (χ4v) is 2.61. The van der Waals surface area contributed by atoms with Gasteiger partial charge in [0.05, 0.1) is 7.11 Å². The van der Waals surface area contributed by atoms with Crippen molar-refractivity contribution in [2.24, 2.45) is 0 Å². The molecular weight excluding hydrogens is 276 g/mol. The van der Waals surface area contributed by atoms with Crippen LogP contribution in [-0.2, 0) is 0 Å². The standard InChI is InChI=1S/C15H24N2O2.ClH/c1-16-12-13-4-3-9-17(13)10-11-19-15-7-5-14(18-2)6-8-15;/h5-8,13,16H,3-4,9-12H2,1-2H3;1H. The van der Waals surface area contributed by atoms with E-state index in [2.05, 4.69) is 10.2 Å². The number of likely N-dealkylation sites (N-methyl/N-ethyl adjacent to an activating group) is 1. The zero-order valence-corrected chi connectivity index (χ0v) is 13.1. The second kappa shape index (κ2) is 9.06. The van der Waals surface area contributed by atoms with Crippen LogP contribution in [0.1, 0.15) is 12.8 Å². The molecule has 1 atom stereocenters. The van der Waals surface area contributed by atoms with Crippen molar-refractivity contribution in [2.45, 2.75) is 18.9 Å². The van der Waals surface area contributed by atoms with Crippen LogP contribution in [0.15, 0.2) is 24.3 Å². The predicted molar refractivity (Wildman–Crippen MR) is 84.3 cm³/mol. The van der Waals surface area contributed by atoms with Crippen LogP contribution in [-0.4, -0.2) is 51.3 Å². The first-order valence-electron chi connectivity index (χ1n) is 6.99. The van der Waals surface area contributed by atoms with Gasteiger partial charge in [-0.25, -0.2) is 0 Å². The van der Waals surface area contributed by atoms with E-state index in [0.717, 1.165) is 31.2 Å². The normalized spacial score (nSPS) is 18.6. The van der Waals surface area contributed by atoms with E-state index in [4.69, 9.17) is 9.47 Å². The van der Waals surface area contributed by atoms with Crippen LogP contribution < -0.4 is 14.8 Å². The average molecular weight is 301 g/mol. The molecule has 1 aliphatic heterocycles. The maximum Gasteiger partial charge on any atom is 0.119 e. The van der Waals surface area contributed by atoms with Gasteiger partial charge >= 0.3 is 0 Å². The van der Waals surface area contributed by atoms with Gasteiger partial charge in [0.25, 0.3) is 0 Å². The van der Waals surface area contributed by atoms with Crippen molar-refractivity contribution in [3.05, 3.63) is 24.3 Å². The Morgan fingerprint density at radius 1 is 1.25 bits per heavy atom. The highest BCUT2D eigenvalue weighted by Gasteiger charge is 2.23. The molecule has 1 N–H and O–H groups in total. The van der Waals surface area contributed by atoms with Crippen molar-refractivity contribution < 1.29 is 9.47 Å². The summed E-state index contributed by atoms with van der Waals surface area (Å²) in [6.45, 7) is 4.01. The summed E-state index contributed by atoms with van der Waals surface area (Å²) in [6.07, 6.45) is 2.60. The van der Waals surface area contributed by atoms with E-state index in [1.165, 1.54) is 19.4 Å². The lowest BCUT2D eigenvalue weighted by atomic mass is 10.2. The second-order valence-corrected chi connectivity index (χ2v) is 4.91. The average Bonchev–Trinajstić information content (AvgIpc) is 2.88. The van der Waals surface area contributed by atoms with E-state index in [1.54, 1.807) is 7.11 Å². The van der Waals surface area contributed by atoms with Crippen LogP contribution in [0.3, 0.4) is 0 Å². The van der Waals surface area contributed by atoms with Gasteiger partial charge in [-0.05, 0) is 50.7 Å². The molecule has 1 heterocycles. The van der Waals surface area contributed by atoms with E-state index in [9.17, 15) is 0 Å². The third-order valence-electron chi connectivity index (χ3n) is 3.65. The number of nitrogens with one attached hydrogen (secondary N) is 1. The number of nitrogens with zero attached hydrogens (tertiary/aromatic N) is 1. The van der Waals surface area contributed by atoms with Crippen molar-refractivity contribution in [1.29, 1.82) is 0 Å². The Morgan fingerprint density at radius 2 is 1.95 bits per heavy atom. The van der Waals surface area contributed by atoms with E-state index in [0.29, 0.717) is 6.04 Å². The lowest BCUT2D eigenvalue weighted by Crippen LogP contribution is -2.38. The van der Waals surface area contributed by atoms with Gasteiger partial charge in [0.2, 0.25) is 0 Å². The van der Waals surface area contributed by atoms with Gasteiger partial charge < -0.3 is 14.8 Å². The van der Waals surface area contributed by atoms with Gasteiger partial charge in [-0.15, -0.1) is 12.4 Å². The molecule has 1 aromatic rings. The molecule has 5 heteroatoms. The molecule has 0 radical (unpaired) electrons. The van der Waals surface area contributed by atoms with Crippen LogP contribution in [0.2, 0.25) is 0 Å². The zero-order valence-electron chi connectivity index (χ0n) is 12.3. The van der Waals surface area contributed by atoms with Crippen molar-refractivity contribution >= 4 is 12.4 Å². The summed E-state index contributed by atoms with van der Waals surface area (Å²) in [6, 6.07) is 8.43. The molecule has 0 bridgehead atoms. The van der Waals surface area contributed by atoms with Gasteiger partial charge in [0.1, 0.15) is 18.1 Å². The number of halogens is 1. The molecule has 1 unspecified atom stereocenters. The van der Waals surface area contributed by atoms with Crippen molar-refractivity contribution in [3.63, 3.8) is 0 Å². The molecule has 0 aliphatic carbocycles. The summed E-state index contributed by atoms with van der Waals surface area (Å²) in [5, 5.41) is 3.26. The lowest BCUT2D eigenvalue weighted by Gasteiger charge is -2.24. The van der Waals surface area contributed by atoms with E-state index in [1.807, 2.05) is 31.3 Å². The van der Waals surface area contributed by atoms with Gasteiger partial charge in [-0.3, -0.25) is 4.90 Å². The third kappa shape index (κ3) is 4.85. The van der Waals surface area contributed by atoms with Gasteiger partial charge in [-0.1, -0.05) is 0 Å². The summed E-state index contributed by atoms with van der Waals surface area (Å²) < 4.78 is 10.9. The van der Waals surface area contributed by atoms with Gasteiger partial charge in [0, 0.05) is 19.1 Å². The fourth-order valence-electron chi connectivity index (χ4n) is 2.61. The minimum atomic E-state index is 0. The molecule has 0 saturated carbocycles. The van der Waals surface area contributed by atoms with Crippen molar-refractivity contribution in [2.75, 3.05) is 40.4 Å². The number of hydrogen-bond donors (Lipinski definition) is 1. The number of likely N-dealkylation sites (tertiary alicyclic amines) is 1. The van der Waals surface area contributed by atoms with Crippen molar-refractivity contribution in [3.8, 4) is 11.5 Å². The molecule has 2 rings (SSSR count). The summed E-state index contributed by atoms with van der Waals surface area (Å²) >= 11 is 0. The fraction of sp³-hybridized carbons (Fsp3) is 0.600. The Bertz CT molecular complexity index is 373. The summed E-state index contributed by atoms with van der Waals surface area (Å²) in [7, 11) is 3.69. The highest BCUT2D eigenvalue weighted by Crippen LogP contribution is 2.18. The monoisotopic (exact) mass is 300 g/mol. The topological polar surface area (TPSA) is 33.7 Å². The molecule has 1 aromatic carbocycles. The van der Waals surface area contributed by atoms with Gasteiger partial charge in [-0.2, -0.15) is 0 Å². The minimum Gasteiger partial charge on any atom is -0.497 e. The first-order valence-corrected chi connectivity index (χ1v) is 6.99. The van der Waals surface area contributed by atoms with E-state index >= 15 is 0 Å². The molecule has 20 heavy (non-hydrogen) atoms. The zero-order chi connectivity index (χ0) is 13.5. The number of benzene rings is 1. The third-order valence-corrected chi connectivity index (χ3v) is 3.65. The minimum absolute atomic E-state index is 0. The molecule has 114 valence electrons. The quantitative estimate of drug-likeness (QED) is 0.837. The first-order chi connectivity index (χ1) is 9.33. The maximum atomic E-state index is 5.78. The Morgan fingerprint density at radius 3 is 2.60 bits per heavy atom. The molecule has 1 aliphatic rings. The lowest BCUT2D eigenvalue weighted by molar-refractivity contribution is 0.195. The molecule has 0 amide bonds. The number of hydrogen-bond acceptors (Lipinski definition) is 4.